The van der Waals surface area contributed by atoms with E-state index in [0.29, 0.717) is 0 Å². The second-order valence-corrected chi connectivity index (χ2v) is 3.97. The van der Waals surface area contributed by atoms with E-state index in [9.17, 15) is 0 Å². The molecule has 0 amide bonds. The maximum Gasteiger partial charge on any atom is 0 e. The quantitative estimate of drug-likeness (QED) is 0.228. The van der Waals surface area contributed by atoms with Crippen LogP contribution in [0.3, 0.4) is 0 Å². The Kier molecular flexibility index (Phi) is 53.5. The maximum atomic E-state index is 9.13. The van der Waals surface area contributed by atoms with Gasteiger partial charge < -0.3 is 49.5 Å². The van der Waals surface area contributed by atoms with Crippen LogP contribution in [-0.4, -0.2) is 87.5 Å². The van der Waals surface area contributed by atoms with Gasteiger partial charge in [0.15, 0.2) is 0 Å². The van der Waals surface area contributed by atoms with Crippen molar-refractivity contribution < 1.29 is 69.0 Å². The Balaban J connectivity index is -0.0000000476. The van der Waals surface area contributed by atoms with Crippen molar-refractivity contribution in [3.05, 3.63) is 0 Å². The van der Waals surface area contributed by atoms with Crippen molar-refractivity contribution in [2.75, 3.05) is 0 Å². The molecule has 0 rings (SSSR count). The van der Waals surface area contributed by atoms with Crippen LogP contribution in [0.2, 0.25) is 0 Å². The molecular weight excluding hydrogens is 406 g/mol. The summed E-state index contributed by atoms with van der Waals surface area (Å²) in [5.74, 6) is 0. The molecule has 0 aromatic heterocycles. The zero-order chi connectivity index (χ0) is 21.4. The fourth-order valence-corrected chi connectivity index (χ4v) is 0. The Morgan fingerprint density at radius 3 is 0.462 bits per heavy atom. The Bertz CT molecular complexity index is 235. The van der Waals surface area contributed by atoms with Gasteiger partial charge in [-0.15, -0.1) is 0 Å². The summed E-state index contributed by atoms with van der Waals surface area (Å²) in [5, 5.41) is 39.7. The molecule has 5 atom stereocenters. The van der Waals surface area contributed by atoms with E-state index in [1.807, 2.05) is 0 Å². The predicted octanol–water partition coefficient (Wildman–Crippen LogP) is -2.62. The smallest absolute Gasteiger partial charge is 0 e. The first-order chi connectivity index (χ1) is 11.4. The zero-order valence-corrected chi connectivity index (χ0v) is 18.3. The number of hydrogen-bond acceptors (Lipinski definition) is 10. The molecule has 0 bridgehead atoms. The summed E-state index contributed by atoms with van der Waals surface area (Å²) >= 11 is 0. The molecule has 0 aromatic rings. The van der Waals surface area contributed by atoms with Crippen molar-refractivity contribution in [1.29, 1.82) is 0 Å². The van der Waals surface area contributed by atoms with E-state index in [-0.39, 0.29) is 19.5 Å². The standard InChI is InChI=1S/5C3H5O2.Zn/c5*1-3(5)2-4;/h5*3,5H,1H3;/q5*-1;. The summed E-state index contributed by atoms with van der Waals surface area (Å²) in [6.07, 6.45) is 2.06. The first-order valence-electron chi connectivity index (χ1n) is 6.64. The van der Waals surface area contributed by atoms with Gasteiger partial charge in [0.25, 0.3) is 0 Å². The van der Waals surface area contributed by atoms with Gasteiger partial charge in [-0.3, -0.25) is 0 Å². The summed E-state index contributed by atoms with van der Waals surface area (Å²) in [6, 6.07) is 0. The van der Waals surface area contributed by atoms with Crippen LogP contribution in [0, 0.1) is 0 Å². The SMILES string of the molecule is CC(O)[C-]=O.CC(O)[C-]=O.CC(O)[C-]=O.CC(O)[C-]=O.CC(O)[C-]=O.[Zn]. The molecular formula is C15H25O10Zn-5. The third kappa shape index (κ3) is 140. The first-order valence-corrected chi connectivity index (χ1v) is 6.64. The van der Waals surface area contributed by atoms with Gasteiger partial charge in [-0.25, -0.2) is 31.4 Å². The van der Waals surface area contributed by atoms with Crippen LogP contribution in [-0.2, 0) is 43.5 Å². The third-order valence-electron chi connectivity index (χ3n) is 0.853. The molecule has 26 heavy (non-hydrogen) atoms. The Hall–Kier alpha value is -1.23. The fourth-order valence-electron chi connectivity index (χ4n) is 0. The molecule has 0 heterocycles. The molecule has 0 aliphatic carbocycles. The minimum atomic E-state index is -0.921. The number of aliphatic hydroxyl groups excluding tert-OH is 5. The van der Waals surface area contributed by atoms with Gasteiger partial charge in [-0.2, -0.15) is 0 Å². The Morgan fingerprint density at radius 1 is 0.423 bits per heavy atom. The topological polar surface area (TPSA) is 186 Å². The summed E-state index contributed by atoms with van der Waals surface area (Å²) in [7, 11) is 0. The summed E-state index contributed by atoms with van der Waals surface area (Å²) < 4.78 is 0. The van der Waals surface area contributed by atoms with Crippen molar-refractivity contribution in [3.8, 4) is 0 Å². The molecule has 5 N–H and O–H groups in total. The van der Waals surface area contributed by atoms with Gasteiger partial charge >= 0.3 is 0 Å². The van der Waals surface area contributed by atoms with Crippen LogP contribution in [0.1, 0.15) is 34.6 Å². The molecule has 0 fully saturated rings. The van der Waals surface area contributed by atoms with Crippen molar-refractivity contribution in [3.63, 3.8) is 0 Å². The van der Waals surface area contributed by atoms with Gasteiger partial charge in [-0.1, -0.05) is 34.6 Å². The molecule has 10 nitrogen and oxygen atoms in total. The van der Waals surface area contributed by atoms with Gasteiger partial charge in [0.05, 0.1) is 0 Å². The molecule has 0 spiro atoms. The predicted molar refractivity (Wildman–Crippen MR) is 86.9 cm³/mol. The van der Waals surface area contributed by atoms with E-state index in [2.05, 4.69) is 0 Å². The van der Waals surface area contributed by atoms with Crippen LogP contribution >= 0.6 is 0 Å². The summed E-state index contributed by atoms with van der Waals surface area (Å²) in [6.45, 7) is 6.77. The fraction of sp³-hybridized carbons (Fsp3) is 0.667. The van der Waals surface area contributed by atoms with Crippen LogP contribution in [0.25, 0.3) is 0 Å². The summed E-state index contributed by atoms with van der Waals surface area (Å²) in [5.41, 5.74) is 0. The van der Waals surface area contributed by atoms with Crippen LogP contribution in [0.4, 0.5) is 0 Å². The van der Waals surface area contributed by atoms with Crippen molar-refractivity contribution >= 4 is 31.4 Å². The van der Waals surface area contributed by atoms with E-state index in [1.54, 1.807) is 0 Å². The van der Waals surface area contributed by atoms with E-state index in [0.717, 1.165) is 0 Å². The molecule has 0 aromatic carbocycles. The molecule has 0 saturated carbocycles. The number of hydrogen-bond donors (Lipinski definition) is 5. The Labute approximate surface area is 166 Å². The van der Waals surface area contributed by atoms with E-state index in [4.69, 9.17) is 49.5 Å². The number of rotatable bonds is 5. The second-order valence-electron chi connectivity index (χ2n) is 3.97. The van der Waals surface area contributed by atoms with Crippen LogP contribution < -0.4 is 0 Å². The van der Waals surface area contributed by atoms with E-state index in [1.165, 1.54) is 66.0 Å². The van der Waals surface area contributed by atoms with Gasteiger partial charge in [0.2, 0.25) is 0 Å². The van der Waals surface area contributed by atoms with Crippen molar-refractivity contribution in [2.45, 2.75) is 65.1 Å². The average molecular weight is 431 g/mol. The van der Waals surface area contributed by atoms with Crippen molar-refractivity contribution in [2.24, 2.45) is 0 Å². The average Bonchev–Trinajstić information content (AvgIpc) is 2.56. The molecule has 11 heteroatoms. The van der Waals surface area contributed by atoms with Gasteiger partial charge in [0, 0.05) is 19.5 Å². The molecule has 5 unspecified atom stereocenters. The largest absolute Gasteiger partial charge is 0.539 e. The van der Waals surface area contributed by atoms with Crippen LogP contribution in [0.15, 0.2) is 0 Å². The molecule has 0 aliphatic rings. The number of carbonyl (C=O) groups excluding carboxylic acids is 5. The van der Waals surface area contributed by atoms with E-state index >= 15 is 0 Å². The molecule has 0 radical (unpaired) electrons. The minimum absolute atomic E-state index is 0. The van der Waals surface area contributed by atoms with Gasteiger partial charge in [-0.05, 0) is 30.5 Å². The monoisotopic (exact) mass is 429 g/mol. The minimum Gasteiger partial charge on any atom is -0.539 e. The van der Waals surface area contributed by atoms with Gasteiger partial charge in [0.1, 0.15) is 0 Å². The molecule has 152 valence electrons. The van der Waals surface area contributed by atoms with Crippen LogP contribution in [0.5, 0.6) is 0 Å². The first kappa shape index (κ1) is 39.7. The molecule has 0 aliphatic heterocycles. The normalized spacial score (nSPS) is 13.5. The third-order valence-corrected chi connectivity index (χ3v) is 0.853. The van der Waals surface area contributed by atoms with E-state index < -0.39 is 30.5 Å². The zero-order valence-electron chi connectivity index (χ0n) is 15.4. The maximum absolute atomic E-state index is 9.13. The Morgan fingerprint density at radius 2 is 0.462 bits per heavy atom. The van der Waals surface area contributed by atoms with Crippen molar-refractivity contribution in [1.82, 2.24) is 0 Å². The summed E-state index contributed by atoms with van der Waals surface area (Å²) in [4.78, 5) is 45.6. The second kappa shape index (κ2) is 35.0. The number of aliphatic hydroxyl groups is 5. The molecule has 0 saturated heterocycles.